The zero-order valence-corrected chi connectivity index (χ0v) is 11.9. The van der Waals surface area contributed by atoms with E-state index < -0.39 is 37.3 Å². The highest BCUT2D eigenvalue weighted by molar-refractivity contribution is 5.42. The fourth-order valence-electron chi connectivity index (χ4n) is 2.27. The second kappa shape index (κ2) is 7.23. The van der Waals surface area contributed by atoms with Crippen molar-refractivity contribution in [3.05, 3.63) is 23.8 Å². The van der Waals surface area contributed by atoms with Crippen LogP contribution in [0.15, 0.2) is 18.2 Å². The minimum absolute atomic E-state index is 0.0464. The van der Waals surface area contributed by atoms with Crippen LogP contribution in [0.4, 0.5) is 0 Å². The van der Waals surface area contributed by atoms with E-state index in [1.807, 2.05) is 0 Å². The van der Waals surface area contributed by atoms with Crippen molar-refractivity contribution in [1.82, 2.24) is 0 Å². The maximum absolute atomic E-state index is 9.91. The van der Waals surface area contributed by atoms with Gasteiger partial charge in [0.1, 0.15) is 24.4 Å². The predicted molar refractivity (Wildman–Crippen MR) is 75.3 cm³/mol. The van der Waals surface area contributed by atoms with Gasteiger partial charge in [-0.2, -0.15) is 0 Å². The second-order valence-electron chi connectivity index (χ2n) is 5.16. The summed E-state index contributed by atoms with van der Waals surface area (Å²) in [5, 5.41) is 48.3. The van der Waals surface area contributed by atoms with Crippen molar-refractivity contribution < 1.29 is 35.0 Å². The van der Waals surface area contributed by atoms with Gasteiger partial charge in [0.15, 0.2) is 11.5 Å². The topological polar surface area (TPSA) is 146 Å². The summed E-state index contributed by atoms with van der Waals surface area (Å²) >= 11 is 0. The highest BCUT2D eigenvalue weighted by Gasteiger charge is 2.44. The molecule has 7 N–H and O–H groups in total. The fourth-order valence-corrected chi connectivity index (χ4v) is 2.27. The molecule has 1 aromatic carbocycles. The average molecular weight is 315 g/mol. The molecule has 124 valence electrons. The van der Waals surface area contributed by atoms with Gasteiger partial charge in [0, 0.05) is 0 Å². The molecule has 1 aliphatic rings. The number of ether oxygens (including phenoxy) is 2. The minimum Gasteiger partial charge on any atom is -0.504 e. The van der Waals surface area contributed by atoms with Gasteiger partial charge in [-0.25, -0.2) is 0 Å². The summed E-state index contributed by atoms with van der Waals surface area (Å²) in [4.78, 5) is 0. The predicted octanol–water partition coefficient (Wildman–Crippen LogP) is -1.93. The normalized spacial score (nSPS) is 32.0. The molecule has 0 saturated carbocycles. The molecule has 8 nitrogen and oxygen atoms in total. The van der Waals surface area contributed by atoms with Gasteiger partial charge >= 0.3 is 0 Å². The lowest BCUT2D eigenvalue weighted by atomic mass is 9.99. The van der Waals surface area contributed by atoms with Gasteiger partial charge in [-0.1, -0.05) is 6.07 Å². The lowest BCUT2D eigenvalue weighted by Gasteiger charge is -2.39. The van der Waals surface area contributed by atoms with Crippen molar-refractivity contribution in [3.8, 4) is 11.5 Å². The summed E-state index contributed by atoms with van der Waals surface area (Å²) < 4.78 is 10.6. The average Bonchev–Trinajstić information content (AvgIpc) is 2.50. The van der Waals surface area contributed by atoms with Gasteiger partial charge in [-0.15, -0.1) is 0 Å². The molecule has 1 saturated heterocycles. The van der Waals surface area contributed by atoms with Gasteiger partial charge in [-0.3, -0.25) is 0 Å². The van der Waals surface area contributed by atoms with Crippen molar-refractivity contribution in [1.29, 1.82) is 0 Å². The minimum atomic E-state index is -1.53. The molecule has 0 aromatic heterocycles. The summed E-state index contributed by atoms with van der Waals surface area (Å²) in [5.41, 5.74) is 6.25. The number of aromatic hydroxyl groups is 1. The lowest BCUT2D eigenvalue weighted by molar-refractivity contribution is -0.277. The molecule has 0 spiro atoms. The molecule has 1 aromatic rings. The van der Waals surface area contributed by atoms with Crippen LogP contribution < -0.4 is 10.5 Å². The molecule has 1 heterocycles. The molecular formula is C14H21NO7. The molecule has 0 aliphatic carbocycles. The number of nitrogens with two attached hydrogens (primary N) is 1. The molecule has 8 heteroatoms. The zero-order chi connectivity index (χ0) is 16.3. The second-order valence-corrected chi connectivity index (χ2v) is 5.16. The van der Waals surface area contributed by atoms with Crippen molar-refractivity contribution in [2.24, 2.45) is 5.73 Å². The van der Waals surface area contributed by atoms with E-state index in [9.17, 15) is 20.4 Å². The molecule has 2 rings (SSSR count). The number of hydrogen-bond donors (Lipinski definition) is 6. The third-order valence-corrected chi connectivity index (χ3v) is 3.55. The van der Waals surface area contributed by atoms with Gasteiger partial charge < -0.3 is 40.7 Å². The molecule has 5 atom stereocenters. The van der Waals surface area contributed by atoms with Gasteiger partial charge in [0.2, 0.25) is 6.29 Å². The standard InChI is InChI=1S/C14H21NO7/c15-4-3-7-1-2-9(8(17)5-7)21-14-13(20)12(19)11(18)10(6-16)22-14/h1-2,5,10-14,16-20H,3-4,6,15H2/t10-,11+,12+,13-,14+/m1/s1. The quantitative estimate of drug-likeness (QED) is 0.368. The van der Waals surface area contributed by atoms with E-state index in [0.717, 1.165) is 5.56 Å². The first-order valence-electron chi connectivity index (χ1n) is 6.97. The van der Waals surface area contributed by atoms with Crippen LogP contribution >= 0.6 is 0 Å². The van der Waals surface area contributed by atoms with Crippen LogP contribution in [0.3, 0.4) is 0 Å². The van der Waals surface area contributed by atoms with Crippen LogP contribution in [0, 0.1) is 0 Å². The Morgan fingerprint density at radius 2 is 1.86 bits per heavy atom. The number of rotatable bonds is 5. The Morgan fingerprint density at radius 1 is 1.14 bits per heavy atom. The van der Waals surface area contributed by atoms with Gasteiger partial charge in [-0.05, 0) is 30.7 Å². The first-order valence-corrected chi connectivity index (χ1v) is 6.97. The summed E-state index contributed by atoms with van der Waals surface area (Å²) in [7, 11) is 0. The third kappa shape index (κ3) is 3.49. The largest absolute Gasteiger partial charge is 0.504 e. The van der Waals surface area contributed by atoms with Crippen molar-refractivity contribution in [3.63, 3.8) is 0 Å². The monoisotopic (exact) mass is 315 g/mol. The first-order chi connectivity index (χ1) is 10.5. The number of aliphatic hydroxyl groups is 4. The van der Waals surface area contributed by atoms with Gasteiger partial charge in [0.05, 0.1) is 6.61 Å². The van der Waals surface area contributed by atoms with E-state index in [1.165, 1.54) is 12.1 Å². The molecule has 1 aliphatic heterocycles. The molecule has 1 fully saturated rings. The Labute approximate surface area is 127 Å². The Balaban J connectivity index is 2.12. The Hall–Kier alpha value is -1.42. The highest BCUT2D eigenvalue weighted by atomic mass is 16.7. The van der Waals surface area contributed by atoms with E-state index in [4.69, 9.17) is 20.3 Å². The van der Waals surface area contributed by atoms with Gasteiger partial charge in [0.25, 0.3) is 0 Å². The summed E-state index contributed by atoms with van der Waals surface area (Å²) in [6.07, 6.45) is -6.33. The Bertz CT molecular complexity index is 496. The molecule has 0 amide bonds. The number of phenolic OH excluding ortho intramolecular Hbond substituents is 1. The summed E-state index contributed by atoms with van der Waals surface area (Å²) in [6, 6.07) is 4.67. The number of phenols is 1. The molecular weight excluding hydrogens is 294 g/mol. The lowest BCUT2D eigenvalue weighted by Crippen LogP contribution is -2.60. The SMILES string of the molecule is NCCc1ccc(O[C@H]2O[C@H](CO)[C@H](O)[C@H](O)[C@H]2O)c(O)c1. The molecule has 0 radical (unpaired) electrons. The Morgan fingerprint density at radius 3 is 2.45 bits per heavy atom. The van der Waals surface area contributed by atoms with Crippen LogP contribution in [-0.2, 0) is 11.2 Å². The van der Waals surface area contributed by atoms with Crippen LogP contribution in [0.1, 0.15) is 5.56 Å². The highest BCUT2D eigenvalue weighted by Crippen LogP contribution is 2.31. The first kappa shape index (κ1) is 16.9. The van der Waals surface area contributed by atoms with E-state index in [2.05, 4.69) is 0 Å². The number of aliphatic hydroxyl groups excluding tert-OH is 4. The van der Waals surface area contributed by atoms with Crippen LogP contribution in [0.25, 0.3) is 0 Å². The van der Waals surface area contributed by atoms with E-state index in [1.54, 1.807) is 6.07 Å². The molecule has 22 heavy (non-hydrogen) atoms. The van der Waals surface area contributed by atoms with E-state index in [0.29, 0.717) is 13.0 Å². The van der Waals surface area contributed by atoms with Crippen LogP contribution in [0.5, 0.6) is 11.5 Å². The van der Waals surface area contributed by atoms with E-state index in [-0.39, 0.29) is 11.5 Å². The molecule has 0 bridgehead atoms. The van der Waals surface area contributed by atoms with Crippen molar-refractivity contribution >= 4 is 0 Å². The maximum atomic E-state index is 9.91. The molecule has 0 unspecified atom stereocenters. The zero-order valence-electron chi connectivity index (χ0n) is 11.9. The smallest absolute Gasteiger partial charge is 0.229 e. The van der Waals surface area contributed by atoms with Crippen molar-refractivity contribution in [2.45, 2.75) is 37.1 Å². The van der Waals surface area contributed by atoms with Crippen LogP contribution in [0.2, 0.25) is 0 Å². The number of hydrogen-bond acceptors (Lipinski definition) is 8. The Kier molecular flexibility index (Phi) is 5.57. The van der Waals surface area contributed by atoms with Crippen molar-refractivity contribution in [2.75, 3.05) is 13.2 Å². The summed E-state index contributed by atoms with van der Waals surface area (Å²) in [5.74, 6) is -0.118. The maximum Gasteiger partial charge on any atom is 0.229 e. The van der Waals surface area contributed by atoms with E-state index >= 15 is 0 Å². The fraction of sp³-hybridized carbons (Fsp3) is 0.571. The third-order valence-electron chi connectivity index (χ3n) is 3.55. The van der Waals surface area contributed by atoms with Crippen LogP contribution in [-0.4, -0.2) is 69.4 Å². The number of benzene rings is 1. The summed E-state index contributed by atoms with van der Waals surface area (Å²) in [6.45, 7) is -0.113.